The van der Waals surface area contributed by atoms with Crippen molar-refractivity contribution in [3.8, 4) is 11.4 Å². The summed E-state index contributed by atoms with van der Waals surface area (Å²) in [6, 6.07) is 34.5. The number of aliphatic hydroxyl groups excluding tert-OH is 1. The van der Waals surface area contributed by atoms with Crippen molar-refractivity contribution in [1.82, 2.24) is 24.8 Å². The minimum absolute atomic E-state index is 0.0262. The van der Waals surface area contributed by atoms with Gasteiger partial charge in [-0.2, -0.15) is 0 Å². The Morgan fingerprint density at radius 1 is 0.922 bits per heavy atom. The van der Waals surface area contributed by atoms with Crippen molar-refractivity contribution in [3.05, 3.63) is 136 Å². The fourth-order valence-corrected chi connectivity index (χ4v) is 12.3. The second-order valence-electron chi connectivity index (χ2n) is 14.4. The highest BCUT2D eigenvalue weighted by molar-refractivity contribution is 6.91. The molecule has 0 aliphatic carbocycles. The van der Waals surface area contributed by atoms with Gasteiger partial charge in [0.15, 0.2) is 0 Å². The lowest BCUT2D eigenvalue weighted by Crippen LogP contribution is -2.50. The highest BCUT2D eigenvalue weighted by Gasteiger charge is 2.50. The first-order valence-corrected chi connectivity index (χ1v) is 21.0. The quantitative estimate of drug-likeness (QED) is 0.134. The van der Waals surface area contributed by atoms with Crippen LogP contribution in [0.5, 0.6) is 5.75 Å². The first kappa shape index (κ1) is 34.7. The van der Waals surface area contributed by atoms with E-state index in [4.69, 9.17) is 9.47 Å². The molecule has 4 aromatic carbocycles. The number of nitrogens with zero attached hydrogens (tertiary/aromatic N) is 4. The fraction of sp³-hybridized carbons (Fsp3) is 0.341. The maximum atomic E-state index is 13.0. The zero-order chi connectivity index (χ0) is 35.5. The Morgan fingerprint density at radius 3 is 2.35 bits per heavy atom. The van der Waals surface area contributed by atoms with Crippen molar-refractivity contribution >= 4 is 24.2 Å². The van der Waals surface area contributed by atoms with E-state index >= 15 is 0 Å². The Labute approximate surface area is 299 Å². The highest BCUT2D eigenvalue weighted by Crippen LogP contribution is 2.46. The summed E-state index contributed by atoms with van der Waals surface area (Å²) in [7, 11) is -0.311. The molecule has 0 saturated carbocycles. The molecule has 1 unspecified atom stereocenters. The van der Waals surface area contributed by atoms with Crippen molar-refractivity contribution in [1.29, 1.82) is 0 Å². The van der Waals surface area contributed by atoms with Crippen molar-refractivity contribution < 1.29 is 14.6 Å². The molecule has 1 saturated heterocycles. The number of aliphatic hydroxyl groups is 1. The molecular weight excluding hydrogens is 655 g/mol. The molecule has 1 fully saturated rings. The zero-order valence-electron chi connectivity index (χ0n) is 29.8. The molecule has 2 aromatic heterocycles. The summed E-state index contributed by atoms with van der Waals surface area (Å²) < 4.78 is 16.0. The topological polar surface area (TPSA) is 107 Å². The lowest BCUT2D eigenvalue weighted by atomic mass is 9.95. The lowest BCUT2D eigenvalue weighted by molar-refractivity contribution is 0.0250. The number of hydrogen-bond acceptors (Lipinski definition) is 6. The van der Waals surface area contributed by atoms with Gasteiger partial charge in [-0.3, -0.25) is 14.6 Å². The molecule has 6 aromatic rings. The molecule has 1 aliphatic rings. The van der Waals surface area contributed by atoms with Crippen LogP contribution in [0, 0.1) is 5.92 Å². The predicted molar refractivity (Wildman–Crippen MR) is 204 cm³/mol. The van der Waals surface area contributed by atoms with E-state index < -0.39 is 8.07 Å². The molecule has 2 N–H and O–H groups in total. The van der Waals surface area contributed by atoms with Crippen molar-refractivity contribution in [2.45, 2.75) is 69.5 Å². The summed E-state index contributed by atoms with van der Waals surface area (Å²) in [5.74, 6) is 1.03. The number of methoxy groups -OCH3 is 1. The molecule has 3 heterocycles. The minimum Gasteiger partial charge on any atom is -0.497 e. The number of ether oxygens (including phenoxy) is 2. The van der Waals surface area contributed by atoms with Crippen LogP contribution in [0.2, 0.25) is 18.6 Å². The van der Waals surface area contributed by atoms with Crippen LogP contribution in [0.25, 0.3) is 16.6 Å². The van der Waals surface area contributed by atoms with Gasteiger partial charge < -0.3 is 14.6 Å². The van der Waals surface area contributed by atoms with Crippen molar-refractivity contribution in [2.75, 3.05) is 13.7 Å². The molecule has 7 rings (SSSR count). The Hall–Kier alpha value is -4.77. The Kier molecular flexibility index (Phi) is 10.1. The number of aromatic amines is 1. The van der Waals surface area contributed by atoms with Crippen LogP contribution < -0.4 is 15.5 Å². The molecule has 0 bridgehead atoms. The van der Waals surface area contributed by atoms with Gasteiger partial charge in [-0.05, 0) is 78.2 Å². The number of nitrogens with one attached hydrogen (secondary N) is 1. The average Bonchev–Trinajstić information content (AvgIpc) is 3.86. The lowest BCUT2D eigenvalue weighted by Gasteiger charge is -2.36. The smallest absolute Gasteiger partial charge is 0.279 e. The van der Waals surface area contributed by atoms with Gasteiger partial charge in [0, 0.05) is 12.7 Å². The second kappa shape index (κ2) is 14.8. The number of rotatable bonds is 13. The second-order valence-corrected chi connectivity index (χ2v) is 19.1. The van der Waals surface area contributed by atoms with E-state index in [9.17, 15) is 9.90 Å². The number of aromatic nitrogens is 5. The molecule has 1 aliphatic heterocycles. The van der Waals surface area contributed by atoms with E-state index in [-0.39, 0.29) is 30.3 Å². The Balaban J connectivity index is 1.07. The van der Waals surface area contributed by atoms with E-state index in [0.29, 0.717) is 23.4 Å². The van der Waals surface area contributed by atoms with Crippen LogP contribution in [0.3, 0.4) is 0 Å². The van der Waals surface area contributed by atoms with E-state index in [0.717, 1.165) is 47.5 Å². The first-order chi connectivity index (χ1) is 24.8. The monoisotopic (exact) mass is 701 g/mol. The third kappa shape index (κ3) is 7.08. The van der Waals surface area contributed by atoms with Gasteiger partial charge in [0.25, 0.3) is 5.56 Å². The van der Waals surface area contributed by atoms with Gasteiger partial charge >= 0.3 is 0 Å². The standard InChI is InChI=1S/C41H47N5O4Si/c1-28-38(23-16-29-14-17-31(18-15-29)46-41(48)34-12-8-9-13-36(34)43-46)50-39(40(28)51(3,4)33-21-19-32(49-2)20-22-33)24-25-45-26-37(42-44-45)35(27-47)30-10-6-5-7-11-30/h5-15,17-22,26,28,35,38-40,43,47H,16,23-25,27H2,1-4H3/t28-,35?,38+,39-,40+/m0/s1. The van der Waals surface area contributed by atoms with E-state index in [2.05, 4.69) is 71.8 Å². The third-order valence-electron chi connectivity index (χ3n) is 11.0. The van der Waals surface area contributed by atoms with E-state index in [1.54, 1.807) is 11.8 Å². The molecule has 51 heavy (non-hydrogen) atoms. The number of fused-ring (bicyclic) bond motifs is 1. The summed E-state index contributed by atoms with van der Waals surface area (Å²) in [4.78, 5) is 13.0. The maximum Gasteiger partial charge on any atom is 0.279 e. The normalized spacial score (nSPS) is 19.8. The molecule has 10 heteroatoms. The van der Waals surface area contributed by atoms with Gasteiger partial charge in [0.1, 0.15) is 5.75 Å². The molecule has 0 spiro atoms. The molecule has 264 valence electrons. The molecule has 9 nitrogen and oxygen atoms in total. The zero-order valence-corrected chi connectivity index (χ0v) is 30.8. The minimum atomic E-state index is -2.02. The van der Waals surface area contributed by atoms with Crippen LogP contribution in [0.15, 0.2) is 114 Å². The van der Waals surface area contributed by atoms with Crippen LogP contribution in [0.1, 0.15) is 42.5 Å². The molecule has 0 amide bonds. The third-order valence-corrected chi connectivity index (χ3v) is 15.4. The SMILES string of the molecule is COc1ccc([Si](C)(C)[C@@H]2[C@@H](C)[C@@H](CCc3ccc(-n4[nH]c5ccccc5c4=O)cc3)O[C@H]2CCn2cc(C(CO)c3ccccc3)nn2)cc1. The summed E-state index contributed by atoms with van der Waals surface area (Å²) in [5.41, 5.74) is 5.02. The highest BCUT2D eigenvalue weighted by atomic mass is 28.3. The number of benzene rings is 4. The largest absolute Gasteiger partial charge is 0.497 e. The van der Waals surface area contributed by atoms with Gasteiger partial charge in [-0.15, -0.1) is 5.10 Å². The summed E-state index contributed by atoms with van der Waals surface area (Å²) in [5, 5.41) is 24.4. The predicted octanol–water partition coefficient (Wildman–Crippen LogP) is 6.46. The molecule has 0 radical (unpaired) electrons. The number of hydrogen-bond donors (Lipinski definition) is 2. The Morgan fingerprint density at radius 2 is 1.65 bits per heavy atom. The maximum absolute atomic E-state index is 13.0. The van der Waals surface area contributed by atoms with Crippen LogP contribution in [0.4, 0.5) is 0 Å². The van der Waals surface area contributed by atoms with Gasteiger partial charge in [0.2, 0.25) is 0 Å². The fourth-order valence-electron chi connectivity index (χ4n) is 8.17. The molecular formula is C41H47N5O4Si. The summed E-state index contributed by atoms with van der Waals surface area (Å²) >= 11 is 0. The van der Waals surface area contributed by atoms with E-state index in [1.807, 2.05) is 77.6 Å². The number of H-pyrrole nitrogens is 1. The van der Waals surface area contributed by atoms with Gasteiger partial charge in [-0.1, -0.05) is 97.1 Å². The number of aryl methyl sites for hydroxylation is 2. The van der Waals surface area contributed by atoms with Crippen molar-refractivity contribution in [2.24, 2.45) is 5.92 Å². The average molecular weight is 702 g/mol. The van der Waals surface area contributed by atoms with Crippen molar-refractivity contribution in [3.63, 3.8) is 0 Å². The number of para-hydroxylation sites is 1. The Bertz CT molecular complexity index is 2110. The van der Waals surface area contributed by atoms with Crippen LogP contribution >= 0.6 is 0 Å². The summed E-state index contributed by atoms with van der Waals surface area (Å²) in [6.45, 7) is 7.97. The van der Waals surface area contributed by atoms with Crippen LogP contribution in [-0.2, 0) is 17.7 Å². The van der Waals surface area contributed by atoms with E-state index in [1.165, 1.54) is 10.8 Å². The van der Waals surface area contributed by atoms with Gasteiger partial charge in [-0.25, -0.2) is 4.68 Å². The molecule has 5 atom stereocenters. The summed E-state index contributed by atoms with van der Waals surface area (Å²) in [6.07, 6.45) is 4.78. The van der Waals surface area contributed by atoms with Gasteiger partial charge in [0.05, 0.1) is 62.2 Å². The van der Waals surface area contributed by atoms with Crippen LogP contribution in [-0.4, -0.2) is 63.9 Å². The first-order valence-electron chi connectivity index (χ1n) is 17.9.